The summed E-state index contributed by atoms with van der Waals surface area (Å²) < 4.78 is 1.08. The summed E-state index contributed by atoms with van der Waals surface area (Å²) in [5.41, 5.74) is 1.18. The molecule has 1 aromatic rings. The number of rotatable bonds is 3. The van der Waals surface area contributed by atoms with Crippen molar-refractivity contribution in [3.63, 3.8) is 0 Å². The Bertz CT molecular complexity index is 317. The van der Waals surface area contributed by atoms with Crippen LogP contribution >= 0.6 is 15.9 Å². The van der Waals surface area contributed by atoms with E-state index in [2.05, 4.69) is 27.3 Å². The first-order valence-corrected chi connectivity index (χ1v) is 4.89. The van der Waals surface area contributed by atoms with E-state index in [4.69, 9.17) is 5.26 Å². The second-order valence-electron chi connectivity index (χ2n) is 2.78. The van der Waals surface area contributed by atoms with E-state index in [9.17, 15) is 0 Å². The molecule has 1 N–H and O–H groups in total. The van der Waals surface area contributed by atoms with Crippen molar-refractivity contribution in [2.75, 3.05) is 6.54 Å². The van der Waals surface area contributed by atoms with Crippen molar-refractivity contribution in [3.05, 3.63) is 34.3 Å². The number of nitrogens with one attached hydrogen (secondary N) is 1. The lowest BCUT2D eigenvalue weighted by atomic mass is 10.1. The number of benzene rings is 1. The molecular formula is C10H11BrN2. The maximum atomic E-state index is 8.41. The minimum absolute atomic E-state index is 0.204. The summed E-state index contributed by atoms with van der Waals surface area (Å²) in [6.07, 6.45) is 0. The first-order chi connectivity index (χ1) is 6.25. The summed E-state index contributed by atoms with van der Waals surface area (Å²) in [5.74, 6) is 0. The van der Waals surface area contributed by atoms with Crippen LogP contribution in [0.3, 0.4) is 0 Å². The van der Waals surface area contributed by atoms with Gasteiger partial charge in [-0.05, 0) is 18.6 Å². The molecule has 0 spiro atoms. The predicted molar refractivity (Wildman–Crippen MR) is 56.2 cm³/mol. The fraction of sp³-hybridized carbons (Fsp3) is 0.300. The first-order valence-electron chi connectivity index (χ1n) is 4.10. The van der Waals surface area contributed by atoms with Crippen molar-refractivity contribution in [3.8, 4) is 6.07 Å². The van der Waals surface area contributed by atoms with Crippen LogP contribution in [0.4, 0.5) is 0 Å². The van der Waals surface area contributed by atoms with Gasteiger partial charge in [-0.15, -0.1) is 0 Å². The SMILES string of the molecule is C[C@@H](NCC#N)c1ccccc1Br. The van der Waals surface area contributed by atoms with Gasteiger partial charge in [-0.3, -0.25) is 5.32 Å². The molecule has 1 aromatic carbocycles. The lowest BCUT2D eigenvalue weighted by Crippen LogP contribution is -2.18. The highest BCUT2D eigenvalue weighted by Gasteiger charge is 2.06. The van der Waals surface area contributed by atoms with Gasteiger partial charge < -0.3 is 0 Å². The summed E-state index contributed by atoms with van der Waals surface area (Å²) in [6.45, 7) is 2.42. The quantitative estimate of drug-likeness (QED) is 0.823. The average Bonchev–Trinajstić information content (AvgIpc) is 2.15. The van der Waals surface area contributed by atoms with Gasteiger partial charge in [-0.25, -0.2) is 0 Å². The molecule has 0 aliphatic carbocycles. The Hall–Kier alpha value is -0.850. The minimum atomic E-state index is 0.204. The summed E-state index contributed by atoms with van der Waals surface area (Å²) >= 11 is 3.47. The summed E-state index contributed by atoms with van der Waals surface area (Å²) in [5, 5.41) is 11.5. The summed E-state index contributed by atoms with van der Waals surface area (Å²) in [7, 11) is 0. The molecule has 0 fully saturated rings. The van der Waals surface area contributed by atoms with Crippen LogP contribution in [0.1, 0.15) is 18.5 Å². The second kappa shape index (κ2) is 5.00. The van der Waals surface area contributed by atoms with E-state index < -0.39 is 0 Å². The van der Waals surface area contributed by atoms with Crippen molar-refractivity contribution in [2.45, 2.75) is 13.0 Å². The first kappa shape index (κ1) is 10.2. The lowest BCUT2D eigenvalue weighted by Gasteiger charge is -2.13. The topological polar surface area (TPSA) is 35.8 Å². The molecule has 0 saturated heterocycles. The van der Waals surface area contributed by atoms with Crippen LogP contribution in [-0.4, -0.2) is 6.54 Å². The van der Waals surface area contributed by atoms with Gasteiger partial charge in [0.1, 0.15) is 0 Å². The second-order valence-corrected chi connectivity index (χ2v) is 3.64. The highest BCUT2D eigenvalue weighted by Crippen LogP contribution is 2.22. The number of nitriles is 1. The van der Waals surface area contributed by atoms with Crippen LogP contribution in [0, 0.1) is 11.3 Å². The van der Waals surface area contributed by atoms with Gasteiger partial charge in [0.2, 0.25) is 0 Å². The van der Waals surface area contributed by atoms with E-state index in [1.807, 2.05) is 31.2 Å². The Morgan fingerprint density at radius 3 is 2.85 bits per heavy atom. The smallest absolute Gasteiger partial charge is 0.0845 e. The van der Waals surface area contributed by atoms with Gasteiger partial charge in [0, 0.05) is 10.5 Å². The Morgan fingerprint density at radius 2 is 2.23 bits per heavy atom. The van der Waals surface area contributed by atoms with E-state index in [0.29, 0.717) is 6.54 Å². The molecule has 2 nitrogen and oxygen atoms in total. The molecule has 0 heterocycles. The van der Waals surface area contributed by atoms with Crippen molar-refractivity contribution in [1.29, 1.82) is 5.26 Å². The number of nitrogens with zero attached hydrogens (tertiary/aromatic N) is 1. The molecule has 0 radical (unpaired) electrons. The maximum Gasteiger partial charge on any atom is 0.0845 e. The van der Waals surface area contributed by atoms with E-state index in [-0.39, 0.29) is 6.04 Å². The molecule has 1 rings (SSSR count). The van der Waals surface area contributed by atoms with Crippen LogP contribution < -0.4 is 5.32 Å². The molecule has 3 heteroatoms. The predicted octanol–water partition coefficient (Wildman–Crippen LogP) is 2.62. The molecule has 68 valence electrons. The lowest BCUT2D eigenvalue weighted by molar-refractivity contribution is 0.619. The number of hydrogen-bond acceptors (Lipinski definition) is 2. The Morgan fingerprint density at radius 1 is 1.54 bits per heavy atom. The molecule has 0 aliphatic rings. The van der Waals surface area contributed by atoms with Gasteiger partial charge in [0.25, 0.3) is 0 Å². The van der Waals surface area contributed by atoms with Crippen LogP contribution in [0.2, 0.25) is 0 Å². The molecule has 0 aromatic heterocycles. The maximum absolute atomic E-state index is 8.41. The number of halogens is 1. The Labute approximate surface area is 86.7 Å². The average molecular weight is 239 g/mol. The third-order valence-corrected chi connectivity index (χ3v) is 2.58. The van der Waals surface area contributed by atoms with E-state index in [1.165, 1.54) is 5.56 Å². The van der Waals surface area contributed by atoms with Crippen LogP contribution in [0.25, 0.3) is 0 Å². The largest absolute Gasteiger partial charge is 0.298 e. The molecule has 0 unspecified atom stereocenters. The molecular weight excluding hydrogens is 228 g/mol. The summed E-state index contributed by atoms with van der Waals surface area (Å²) in [4.78, 5) is 0. The zero-order chi connectivity index (χ0) is 9.68. The highest BCUT2D eigenvalue weighted by molar-refractivity contribution is 9.10. The molecule has 1 atom stereocenters. The van der Waals surface area contributed by atoms with Gasteiger partial charge in [-0.2, -0.15) is 5.26 Å². The fourth-order valence-corrected chi connectivity index (χ4v) is 1.76. The monoisotopic (exact) mass is 238 g/mol. The van der Waals surface area contributed by atoms with E-state index in [0.717, 1.165) is 4.47 Å². The third-order valence-electron chi connectivity index (χ3n) is 1.86. The van der Waals surface area contributed by atoms with Crippen LogP contribution in [-0.2, 0) is 0 Å². The molecule has 0 aliphatic heterocycles. The van der Waals surface area contributed by atoms with Gasteiger partial charge >= 0.3 is 0 Å². The van der Waals surface area contributed by atoms with Gasteiger partial charge in [-0.1, -0.05) is 34.1 Å². The van der Waals surface area contributed by atoms with Gasteiger partial charge in [0.05, 0.1) is 12.6 Å². The van der Waals surface area contributed by atoms with Crippen LogP contribution in [0.5, 0.6) is 0 Å². The van der Waals surface area contributed by atoms with Gasteiger partial charge in [0.15, 0.2) is 0 Å². The Balaban J connectivity index is 2.72. The molecule has 0 saturated carbocycles. The number of hydrogen-bond donors (Lipinski definition) is 1. The summed E-state index contributed by atoms with van der Waals surface area (Å²) in [6, 6.07) is 10.3. The van der Waals surface area contributed by atoms with Crippen molar-refractivity contribution >= 4 is 15.9 Å². The molecule has 0 amide bonds. The zero-order valence-electron chi connectivity index (χ0n) is 7.42. The molecule has 0 bridgehead atoms. The van der Waals surface area contributed by atoms with Crippen molar-refractivity contribution in [1.82, 2.24) is 5.32 Å². The van der Waals surface area contributed by atoms with Crippen LogP contribution in [0.15, 0.2) is 28.7 Å². The van der Waals surface area contributed by atoms with E-state index in [1.54, 1.807) is 0 Å². The van der Waals surface area contributed by atoms with Crippen molar-refractivity contribution in [2.24, 2.45) is 0 Å². The fourth-order valence-electron chi connectivity index (χ4n) is 1.13. The van der Waals surface area contributed by atoms with E-state index >= 15 is 0 Å². The Kier molecular flexibility index (Phi) is 3.94. The third kappa shape index (κ3) is 2.83. The highest BCUT2D eigenvalue weighted by atomic mass is 79.9. The van der Waals surface area contributed by atoms with Crippen molar-refractivity contribution < 1.29 is 0 Å². The zero-order valence-corrected chi connectivity index (χ0v) is 9.01. The normalized spacial score (nSPS) is 12.1. The standard InChI is InChI=1S/C10H11BrN2/c1-8(13-7-6-12)9-4-2-3-5-10(9)11/h2-5,8,13H,7H2,1H3/t8-/m1/s1. The minimum Gasteiger partial charge on any atom is -0.298 e. The molecule has 13 heavy (non-hydrogen) atoms.